The molecule has 0 unspecified atom stereocenters. The molecule has 0 aliphatic rings. The molecule has 0 radical (unpaired) electrons. The van der Waals surface area contributed by atoms with Crippen LogP contribution in [0.3, 0.4) is 0 Å². The monoisotopic (exact) mass is 300 g/mol. The maximum Gasteiger partial charge on any atom is 0.435 e. The molecule has 0 fully saturated rings. The third-order valence-electron chi connectivity index (χ3n) is 2.78. The molecular formula is C14H15F3N2S. The first-order chi connectivity index (χ1) is 9.41. The molecular weight excluding hydrogens is 285 g/mol. The van der Waals surface area contributed by atoms with Crippen molar-refractivity contribution in [2.24, 2.45) is 0 Å². The van der Waals surface area contributed by atoms with Gasteiger partial charge in [-0.3, -0.25) is 0 Å². The molecule has 1 aromatic carbocycles. The van der Waals surface area contributed by atoms with Crippen LogP contribution in [0.25, 0.3) is 5.69 Å². The van der Waals surface area contributed by atoms with Crippen LogP contribution in [0.1, 0.15) is 24.6 Å². The van der Waals surface area contributed by atoms with E-state index in [2.05, 4.69) is 12.0 Å². The van der Waals surface area contributed by atoms with Crippen LogP contribution in [0.15, 0.2) is 35.4 Å². The summed E-state index contributed by atoms with van der Waals surface area (Å²) in [6.45, 7) is 4.08. The van der Waals surface area contributed by atoms with Gasteiger partial charge >= 0.3 is 6.18 Å². The maximum absolute atomic E-state index is 12.5. The normalized spacial score (nSPS) is 11.8. The highest BCUT2D eigenvalue weighted by Gasteiger charge is 2.33. The summed E-state index contributed by atoms with van der Waals surface area (Å²) >= 11 is 1.70. The van der Waals surface area contributed by atoms with Crippen molar-refractivity contribution in [1.82, 2.24) is 9.78 Å². The summed E-state index contributed by atoms with van der Waals surface area (Å²) < 4.78 is 38.9. The van der Waals surface area contributed by atoms with E-state index < -0.39 is 11.9 Å². The average molecular weight is 300 g/mol. The number of alkyl halides is 3. The van der Waals surface area contributed by atoms with Crippen LogP contribution in [-0.4, -0.2) is 15.5 Å². The van der Waals surface area contributed by atoms with Crippen molar-refractivity contribution < 1.29 is 13.2 Å². The molecule has 1 heterocycles. The van der Waals surface area contributed by atoms with Crippen LogP contribution in [0.5, 0.6) is 0 Å². The van der Waals surface area contributed by atoms with Crippen molar-refractivity contribution in [2.45, 2.75) is 31.3 Å². The first kappa shape index (κ1) is 15.0. The maximum atomic E-state index is 12.5. The van der Waals surface area contributed by atoms with Gasteiger partial charge in [-0.2, -0.15) is 18.3 Å². The molecule has 6 heteroatoms. The molecule has 0 atom stereocenters. The molecule has 0 spiro atoms. The Morgan fingerprint density at radius 1 is 1.25 bits per heavy atom. The quantitative estimate of drug-likeness (QED) is 0.762. The van der Waals surface area contributed by atoms with E-state index in [1.165, 1.54) is 10.9 Å². The van der Waals surface area contributed by atoms with Gasteiger partial charge in [0.1, 0.15) is 0 Å². The Hall–Kier alpha value is -1.43. The zero-order chi connectivity index (χ0) is 14.8. The number of hydrogen-bond acceptors (Lipinski definition) is 2. The summed E-state index contributed by atoms with van der Waals surface area (Å²) in [6, 6.07) is 6.54. The van der Waals surface area contributed by atoms with Crippen molar-refractivity contribution in [1.29, 1.82) is 0 Å². The lowest BCUT2D eigenvalue weighted by Gasteiger charge is -2.08. The standard InChI is InChI=1S/C14H15F3N2S/c1-3-8-20-12-9-11(5-4-10(12)2)19-7-6-13(18-19)14(15,16)17/h4-7,9H,3,8H2,1-2H3. The highest BCUT2D eigenvalue weighted by Crippen LogP contribution is 2.29. The predicted molar refractivity (Wildman–Crippen MR) is 74.3 cm³/mol. The van der Waals surface area contributed by atoms with Gasteiger partial charge in [-0.15, -0.1) is 11.8 Å². The van der Waals surface area contributed by atoms with Gasteiger partial charge in [0.25, 0.3) is 0 Å². The molecule has 2 rings (SSSR count). The van der Waals surface area contributed by atoms with Crippen LogP contribution in [0, 0.1) is 6.92 Å². The minimum atomic E-state index is -4.41. The number of aryl methyl sites for hydroxylation is 1. The minimum absolute atomic E-state index is 0.643. The highest BCUT2D eigenvalue weighted by molar-refractivity contribution is 7.99. The zero-order valence-electron chi connectivity index (χ0n) is 11.2. The molecule has 0 saturated heterocycles. The highest BCUT2D eigenvalue weighted by atomic mass is 32.2. The molecule has 20 heavy (non-hydrogen) atoms. The fourth-order valence-electron chi connectivity index (χ4n) is 1.72. The smallest absolute Gasteiger partial charge is 0.240 e. The van der Waals surface area contributed by atoms with Crippen LogP contribution < -0.4 is 0 Å². The number of benzene rings is 1. The summed E-state index contributed by atoms with van der Waals surface area (Å²) in [5, 5.41) is 3.59. The summed E-state index contributed by atoms with van der Waals surface area (Å²) in [6.07, 6.45) is -2.02. The summed E-state index contributed by atoms with van der Waals surface area (Å²) in [4.78, 5) is 1.08. The second kappa shape index (κ2) is 5.91. The van der Waals surface area contributed by atoms with Gasteiger partial charge in [-0.1, -0.05) is 13.0 Å². The Kier molecular flexibility index (Phi) is 4.42. The number of rotatable bonds is 4. The summed E-state index contributed by atoms with van der Waals surface area (Å²) in [7, 11) is 0. The van der Waals surface area contributed by atoms with E-state index in [0.29, 0.717) is 5.69 Å². The van der Waals surface area contributed by atoms with E-state index in [-0.39, 0.29) is 0 Å². The van der Waals surface area contributed by atoms with Crippen molar-refractivity contribution >= 4 is 11.8 Å². The van der Waals surface area contributed by atoms with E-state index in [1.54, 1.807) is 17.8 Å². The van der Waals surface area contributed by atoms with E-state index in [4.69, 9.17) is 0 Å². The third kappa shape index (κ3) is 3.36. The van der Waals surface area contributed by atoms with Gasteiger partial charge in [0.2, 0.25) is 0 Å². The lowest BCUT2D eigenvalue weighted by Crippen LogP contribution is -2.07. The SMILES string of the molecule is CCCSc1cc(-n2ccc(C(F)(F)F)n2)ccc1C. The molecule has 0 amide bonds. The summed E-state index contributed by atoms with van der Waals surface area (Å²) in [5.74, 6) is 0.983. The molecule has 108 valence electrons. The van der Waals surface area contributed by atoms with E-state index >= 15 is 0 Å². The molecule has 0 aliphatic heterocycles. The minimum Gasteiger partial charge on any atom is -0.240 e. The molecule has 2 aromatic rings. The van der Waals surface area contributed by atoms with E-state index in [1.807, 2.05) is 19.1 Å². The Bertz CT molecular complexity index is 590. The second-order valence-corrected chi connectivity index (χ2v) is 5.58. The lowest BCUT2D eigenvalue weighted by molar-refractivity contribution is -0.141. The molecule has 2 nitrogen and oxygen atoms in total. The van der Waals surface area contributed by atoms with Crippen molar-refractivity contribution in [3.63, 3.8) is 0 Å². The van der Waals surface area contributed by atoms with Gasteiger partial charge in [0.15, 0.2) is 5.69 Å². The van der Waals surface area contributed by atoms with Crippen LogP contribution in [0.4, 0.5) is 13.2 Å². The van der Waals surface area contributed by atoms with Gasteiger partial charge in [-0.25, -0.2) is 4.68 Å². The van der Waals surface area contributed by atoms with Crippen molar-refractivity contribution in [2.75, 3.05) is 5.75 Å². The van der Waals surface area contributed by atoms with Gasteiger partial charge in [0, 0.05) is 11.1 Å². The number of thioether (sulfide) groups is 1. The molecule has 0 aliphatic carbocycles. The first-order valence-corrected chi connectivity index (χ1v) is 7.27. The second-order valence-electron chi connectivity index (χ2n) is 4.44. The van der Waals surface area contributed by atoms with Crippen molar-refractivity contribution in [3.8, 4) is 5.69 Å². The van der Waals surface area contributed by atoms with Crippen LogP contribution in [0.2, 0.25) is 0 Å². The number of hydrogen-bond donors (Lipinski definition) is 0. The van der Waals surface area contributed by atoms with Crippen LogP contribution in [-0.2, 0) is 6.18 Å². The van der Waals surface area contributed by atoms with Gasteiger partial charge in [-0.05, 0) is 42.9 Å². The number of nitrogens with zero attached hydrogens (tertiary/aromatic N) is 2. The molecule has 1 aromatic heterocycles. The predicted octanol–water partition coefficient (Wildman–Crippen LogP) is 4.70. The number of aromatic nitrogens is 2. The molecule has 0 saturated carbocycles. The van der Waals surface area contributed by atoms with Crippen molar-refractivity contribution in [3.05, 3.63) is 41.7 Å². The Labute approximate surface area is 120 Å². The van der Waals surface area contributed by atoms with Gasteiger partial charge in [0.05, 0.1) is 5.69 Å². The van der Waals surface area contributed by atoms with E-state index in [0.717, 1.165) is 28.7 Å². The Balaban J connectivity index is 2.31. The number of halogens is 3. The summed E-state index contributed by atoms with van der Waals surface area (Å²) in [5.41, 5.74) is 0.890. The topological polar surface area (TPSA) is 17.8 Å². The van der Waals surface area contributed by atoms with Gasteiger partial charge < -0.3 is 0 Å². The fourth-order valence-corrected chi connectivity index (χ4v) is 2.64. The van der Waals surface area contributed by atoms with E-state index in [9.17, 15) is 13.2 Å². The Morgan fingerprint density at radius 2 is 2.00 bits per heavy atom. The Morgan fingerprint density at radius 3 is 2.60 bits per heavy atom. The first-order valence-electron chi connectivity index (χ1n) is 6.28. The zero-order valence-corrected chi connectivity index (χ0v) is 12.1. The third-order valence-corrected chi connectivity index (χ3v) is 4.14. The van der Waals surface area contributed by atoms with Crippen LogP contribution >= 0.6 is 11.8 Å². The lowest BCUT2D eigenvalue weighted by atomic mass is 10.2. The average Bonchev–Trinajstić information content (AvgIpc) is 2.87. The molecule has 0 N–H and O–H groups in total. The largest absolute Gasteiger partial charge is 0.435 e. The molecule has 0 bridgehead atoms. The fraction of sp³-hybridized carbons (Fsp3) is 0.357.